The van der Waals surface area contributed by atoms with E-state index in [-0.39, 0.29) is 19.8 Å². The number of benzene rings is 3. The zero-order valence-corrected chi connectivity index (χ0v) is 22.1. The van der Waals surface area contributed by atoms with Gasteiger partial charge in [0.2, 0.25) is 6.29 Å². The van der Waals surface area contributed by atoms with Crippen LogP contribution in [-0.4, -0.2) is 50.0 Å². The number of carbonyl (C=O) groups excluding carboxylic acids is 1. The van der Waals surface area contributed by atoms with Gasteiger partial charge in [0.05, 0.1) is 26.4 Å². The van der Waals surface area contributed by atoms with Gasteiger partial charge in [0, 0.05) is 6.54 Å². The summed E-state index contributed by atoms with van der Waals surface area (Å²) in [5, 5.41) is 2.60. The van der Waals surface area contributed by atoms with Crippen molar-refractivity contribution in [3.05, 3.63) is 108 Å². The first-order valence-electron chi connectivity index (χ1n) is 13.3. The monoisotopic (exact) mass is 537 g/mol. The molecule has 1 fully saturated rings. The number of amides is 1. The highest BCUT2D eigenvalue weighted by atomic mass is 19.1. The van der Waals surface area contributed by atoms with Gasteiger partial charge in [-0.1, -0.05) is 97.9 Å². The minimum absolute atomic E-state index is 0.0860. The maximum atomic E-state index is 16.0. The number of hydrogen-bond acceptors (Lipinski definition) is 6. The number of halogens is 1. The Balaban J connectivity index is 1.53. The highest BCUT2D eigenvalue weighted by Gasteiger charge is 2.50. The normalized spacial score (nSPS) is 22.8. The Morgan fingerprint density at radius 2 is 1.31 bits per heavy atom. The van der Waals surface area contributed by atoms with Crippen molar-refractivity contribution in [3.63, 3.8) is 0 Å². The first-order valence-corrected chi connectivity index (χ1v) is 13.3. The number of ether oxygens (including phenoxy) is 5. The minimum atomic E-state index is -1.78. The molecule has 0 aromatic heterocycles. The number of carbonyl (C=O) groups is 1. The van der Waals surface area contributed by atoms with E-state index < -0.39 is 36.9 Å². The Kier molecular flexibility index (Phi) is 11.3. The molecule has 1 heterocycles. The van der Waals surface area contributed by atoms with Crippen LogP contribution in [0.2, 0.25) is 0 Å². The van der Waals surface area contributed by atoms with Crippen molar-refractivity contribution in [2.75, 3.05) is 13.2 Å². The van der Waals surface area contributed by atoms with Crippen molar-refractivity contribution in [2.24, 2.45) is 0 Å². The summed E-state index contributed by atoms with van der Waals surface area (Å²) in [5.74, 6) is 0. The lowest BCUT2D eigenvalue weighted by atomic mass is 9.99. The van der Waals surface area contributed by atoms with Crippen LogP contribution in [0, 0.1) is 0 Å². The van der Waals surface area contributed by atoms with E-state index in [1.807, 2.05) is 97.9 Å². The van der Waals surface area contributed by atoms with Gasteiger partial charge < -0.3 is 29.0 Å². The standard InChI is InChI=1S/C31H36FNO6/c1-2-18-33-31(34)39-30-27(32)29(37-21-25-16-10-5-11-17-25)28(36-20-24-14-8-4-9-15-24)26(38-30)22-35-19-23-12-6-3-7-13-23/h3-17,26-30H,2,18-22H2,1H3,(H,33,34)/t26-,27-,28-,29-,30+/m1/s1. The van der Waals surface area contributed by atoms with Gasteiger partial charge in [-0.2, -0.15) is 0 Å². The molecule has 1 aliphatic heterocycles. The van der Waals surface area contributed by atoms with Gasteiger partial charge >= 0.3 is 6.09 Å². The molecular weight excluding hydrogens is 501 g/mol. The Bertz CT molecular complexity index is 1100. The fourth-order valence-electron chi connectivity index (χ4n) is 4.26. The molecule has 3 aromatic rings. The lowest BCUT2D eigenvalue weighted by molar-refractivity contribution is -0.292. The molecule has 0 aliphatic carbocycles. The summed E-state index contributed by atoms with van der Waals surface area (Å²) in [4.78, 5) is 12.3. The smallest absolute Gasteiger partial charge is 0.409 e. The maximum Gasteiger partial charge on any atom is 0.409 e. The van der Waals surface area contributed by atoms with Crippen molar-refractivity contribution >= 4 is 6.09 Å². The van der Waals surface area contributed by atoms with Gasteiger partial charge in [0.15, 0.2) is 6.17 Å². The minimum Gasteiger partial charge on any atom is -0.416 e. The van der Waals surface area contributed by atoms with E-state index in [9.17, 15) is 4.79 Å². The second-order valence-corrected chi connectivity index (χ2v) is 9.34. The second kappa shape index (κ2) is 15.3. The Hall–Kier alpha value is -3.30. The van der Waals surface area contributed by atoms with Crippen LogP contribution in [0.25, 0.3) is 0 Å². The third-order valence-corrected chi connectivity index (χ3v) is 6.28. The molecule has 0 radical (unpaired) electrons. The summed E-state index contributed by atoms with van der Waals surface area (Å²) in [6.45, 7) is 3.13. The van der Waals surface area contributed by atoms with E-state index in [4.69, 9.17) is 23.7 Å². The zero-order valence-electron chi connectivity index (χ0n) is 22.1. The number of rotatable bonds is 13. The van der Waals surface area contributed by atoms with Crippen LogP contribution in [0.15, 0.2) is 91.0 Å². The van der Waals surface area contributed by atoms with E-state index in [1.54, 1.807) is 0 Å². The second-order valence-electron chi connectivity index (χ2n) is 9.34. The van der Waals surface area contributed by atoms with Crippen molar-refractivity contribution in [1.82, 2.24) is 5.32 Å². The molecule has 0 bridgehead atoms. The van der Waals surface area contributed by atoms with E-state index in [0.29, 0.717) is 19.6 Å². The molecular formula is C31H36FNO6. The molecule has 4 rings (SSSR count). The van der Waals surface area contributed by atoms with E-state index >= 15 is 4.39 Å². The molecule has 1 aliphatic rings. The van der Waals surface area contributed by atoms with Crippen molar-refractivity contribution in [2.45, 2.75) is 63.9 Å². The third-order valence-electron chi connectivity index (χ3n) is 6.28. The van der Waals surface area contributed by atoms with Gasteiger partial charge in [-0.15, -0.1) is 0 Å². The van der Waals surface area contributed by atoms with Crippen LogP contribution < -0.4 is 5.32 Å². The first-order chi connectivity index (χ1) is 19.1. The fourth-order valence-corrected chi connectivity index (χ4v) is 4.26. The molecule has 1 amide bonds. The molecule has 5 atom stereocenters. The summed E-state index contributed by atoms with van der Waals surface area (Å²) in [7, 11) is 0. The van der Waals surface area contributed by atoms with Crippen LogP contribution in [0.1, 0.15) is 30.0 Å². The molecule has 7 nitrogen and oxygen atoms in total. The molecule has 208 valence electrons. The molecule has 1 saturated heterocycles. The van der Waals surface area contributed by atoms with E-state index in [0.717, 1.165) is 16.7 Å². The molecule has 0 saturated carbocycles. The maximum absolute atomic E-state index is 16.0. The van der Waals surface area contributed by atoms with Gasteiger partial charge in [-0.25, -0.2) is 9.18 Å². The number of nitrogens with one attached hydrogen (secondary N) is 1. The zero-order chi connectivity index (χ0) is 27.3. The molecule has 8 heteroatoms. The Labute approximate surface area is 229 Å². The summed E-state index contributed by atoms with van der Waals surface area (Å²) < 4.78 is 45.6. The molecule has 39 heavy (non-hydrogen) atoms. The molecule has 3 aromatic carbocycles. The van der Waals surface area contributed by atoms with Crippen LogP contribution in [0.3, 0.4) is 0 Å². The van der Waals surface area contributed by atoms with Gasteiger partial charge in [0.25, 0.3) is 0 Å². The Morgan fingerprint density at radius 1 is 0.795 bits per heavy atom. The van der Waals surface area contributed by atoms with Gasteiger partial charge in [-0.05, 0) is 23.1 Å². The fraction of sp³-hybridized carbons (Fsp3) is 0.387. The van der Waals surface area contributed by atoms with Crippen molar-refractivity contribution in [1.29, 1.82) is 0 Å². The molecule has 0 spiro atoms. The topological polar surface area (TPSA) is 75.3 Å². The van der Waals surface area contributed by atoms with Gasteiger partial charge in [0.1, 0.15) is 18.3 Å². The average Bonchev–Trinajstić information content (AvgIpc) is 2.97. The summed E-state index contributed by atoms with van der Waals surface area (Å²) >= 11 is 0. The number of alkyl carbamates (subject to hydrolysis) is 1. The van der Waals surface area contributed by atoms with E-state index in [1.165, 1.54) is 0 Å². The first kappa shape index (κ1) is 28.7. The molecule has 1 N–H and O–H groups in total. The quantitative estimate of drug-likeness (QED) is 0.307. The van der Waals surface area contributed by atoms with Crippen LogP contribution >= 0.6 is 0 Å². The lowest BCUT2D eigenvalue weighted by Crippen LogP contribution is -2.60. The summed E-state index contributed by atoms with van der Waals surface area (Å²) in [6, 6.07) is 28.8. The van der Waals surface area contributed by atoms with Crippen molar-refractivity contribution < 1.29 is 32.9 Å². The van der Waals surface area contributed by atoms with E-state index in [2.05, 4.69) is 5.32 Å². The Morgan fingerprint density at radius 3 is 1.85 bits per heavy atom. The van der Waals surface area contributed by atoms with Crippen LogP contribution in [-0.2, 0) is 43.5 Å². The predicted octanol–water partition coefficient (Wildman–Crippen LogP) is 5.57. The average molecular weight is 538 g/mol. The highest BCUT2D eigenvalue weighted by molar-refractivity contribution is 5.67. The SMILES string of the molecule is CCCNC(=O)O[C@@H]1O[C@H](COCc2ccccc2)[C@@H](OCc2ccccc2)[C@H](OCc2ccccc2)[C@H]1F. The predicted molar refractivity (Wildman–Crippen MR) is 144 cm³/mol. The highest BCUT2D eigenvalue weighted by Crippen LogP contribution is 2.31. The van der Waals surface area contributed by atoms with Crippen LogP contribution in [0.5, 0.6) is 0 Å². The van der Waals surface area contributed by atoms with Crippen molar-refractivity contribution in [3.8, 4) is 0 Å². The third kappa shape index (κ3) is 8.86. The largest absolute Gasteiger partial charge is 0.416 e. The van der Waals surface area contributed by atoms with Gasteiger partial charge in [-0.3, -0.25) is 0 Å². The summed E-state index contributed by atoms with van der Waals surface area (Å²) in [6.07, 6.45) is -5.95. The molecule has 0 unspecified atom stereocenters. The lowest BCUT2D eigenvalue weighted by Gasteiger charge is -2.42. The van der Waals surface area contributed by atoms with Crippen LogP contribution in [0.4, 0.5) is 9.18 Å². The number of alkyl halides is 1. The summed E-state index contributed by atoms with van der Waals surface area (Å²) in [5.41, 5.74) is 2.80. The number of hydrogen-bond donors (Lipinski definition) is 1.